The van der Waals surface area contributed by atoms with Gasteiger partial charge in [-0.15, -0.1) is 0 Å². The first-order valence-electron chi connectivity index (χ1n) is 5.25. The van der Waals surface area contributed by atoms with Gasteiger partial charge in [-0.05, 0) is 43.7 Å². The Balaban J connectivity index is 2.36. The minimum atomic E-state index is 0.148. The second-order valence-corrected chi connectivity index (χ2v) is 4.36. The molecular formula is C13H16O. The molecule has 1 fully saturated rings. The lowest BCUT2D eigenvalue weighted by molar-refractivity contribution is -0.109. The van der Waals surface area contributed by atoms with Crippen molar-refractivity contribution in [1.29, 1.82) is 0 Å². The number of carbonyl (C=O) groups is 1. The third-order valence-electron chi connectivity index (χ3n) is 3.07. The van der Waals surface area contributed by atoms with Crippen LogP contribution in [-0.2, 0) is 4.79 Å². The van der Waals surface area contributed by atoms with Crippen molar-refractivity contribution in [2.24, 2.45) is 5.92 Å². The number of rotatable bonds is 3. The van der Waals surface area contributed by atoms with Crippen molar-refractivity contribution in [2.75, 3.05) is 0 Å². The van der Waals surface area contributed by atoms with Crippen molar-refractivity contribution in [3.63, 3.8) is 0 Å². The number of aryl methyl sites for hydroxylation is 2. The van der Waals surface area contributed by atoms with E-state index in [1.807, 2.05) is 0 Å². The molecule has 0 aromatic heterocycles. The molecule has 0 spiro atoms. The highest BCUT2D eigenvalue weighted by atomic mass is 16.1. The van der Waals surface area contributed by atoms with Crippen LogP contribution < -0.4 is 0 Å². The Bertz CT molecular complexity index is 350. The fourth-order valence-corrected chi connectivity index (χ4v) is 2.01. The number of benzene rings is 1. The zero-order valence-corrected chi connectivity index (χ0v) is 8.79. The monoisotopic (exact) mass is 188 g/mol. The van der Waals surface area contributed by atoms with Gasteiger partial charge in [0.15, 0.2) is 0 Å². The van der Waals surface area contributed by atoms with E-state index in [0.717, 1.165) is 6.29 Å². The number of carbonyl (C=O) groups excluding carboxylic acids is 1. The maximum Gasteiger partial charge on any atom is 0.127 e. The van der Waals surface area contributed by atoms with E-state index >= 15 is 0 Å². The summed E-state index contributed by atoms with van der Waals surface area (Å²) in [5, 5.41) is 0. The topological polar surface area (TPSA) is 17.1 Å². The Morgan fingerprint density at radius 1 is 1.36 bits per heavy atom. The molecule has 1 heteroatoms. The molecule has 0 saturated heterocycles. The normalized spacial score (nSPS) is 17.9. The van der Waals surface area contributed by atoms with Gasteiger partial charge in [0, 0.05) is 5.92 Å². The summed E-state index contributed by atoms with van der Waals surface area (Å²) in [6, 6.07) is 6.38. The van der Waals surface area contributed by atoms with E-state index in [9.17, 15) is 4.79 Å². The van der Waals surface area contributed by atoms with Gasteiger partial charge in [0.05, 0.1) is 0 Å². The Labute approximate surface area is 85.1 Å². The molecule has 0 amide bonds. The third kappa shape index (κ3) is 1.72. The highest BCUT2D eigenvalue weighted by Crippen LogP contribution is 2.42. The molecule has 1 aliphatic carbocycles. The summed E-state index contributed by atoms with van der Waals surface area (Å²) in [6.45, 7) is 4.17. The van der Waals surface area contributed by atoms with E-state index in [0.29, 0.717) is 5.92 Å². The second kappa shape index (κ2) is 3.56. The minimum absolute atomic E-state index is 0.148. The molecule has 1 aromatic carbocycles. The molecule has 0 radical (unpaired) electrons. The van der Waals surface area contributed by atoms with E-state index < -0.39 is 0 Å². The lowest BCUT2D eigenvalue weighted by Gasteiger charge is -2.13. The van der Waals surface area contributed by atoms with Crippen LogP contribution in [0.3, 0.4) is 0 Å². The predicted octanol–water partition coefficient (Wildman–Crippen LogP) is 3.00. The van der Waals surface area contributed by atoms with E-state index in [2.05, 4.69) is 32.0 Å². The van der Waals surface area contributed by atoms with E-state index in [-0.39, 0.29) is 5.92 Å². The van der Waals surface area contributed by atoms with Crippen LogP contribution in [0, 0.1) is 19.8 Å². The molecule has 1 aromatic rings. The first kappa shape index (κ1) is 9.45. The molecule has 0 bridgehead atoms. The summed E-state index contributed by atoms with van der Waals surface area (Å²) in [4.78, 5) is 11.1. The van der Waals surface area contributed by atoms with Gasteiger partial charge in [-0.1, -0.05) is 23.8 Å². The van der Waals surface area contributed by atoms with Gasteiger partial charge in [0.25, 0.3) is 0 Å². The molecule has 1 unspecified atom stereocenters. The van der Waals surface area contributed by atoms with Crippen molar-refractivity contribution in [1.82, 2.24) is 0 Å². The van der Waals surface area contributed by atoms with E-state index in [4.69, 9.17) is 0 Å². The smallest absolute Gasteiger partial charge is 0.127 e. The average Bonchev–Trinajstić information content (AvgIpc) is 2.96. The number of aldehydes is 1. The van der Waals surface area contributed by atoms with Gasteiger partial charge >= 0.3 is 0 Å². The summed E-state index contributed by atoms with van der Waals surface area (Å²) >= 11 is 0. The quantitative estimate of drug-likeness (QED) is 0.666. The fourth-order valence-electron chi connectivity index (χ4n) is 2.01. The van der Waals surface area contributed by atoms with Gasteiger partial charge in [-0.3, -0.25) is 0 Å². The van der Waals surface area contributed by atoms with Crippen LogP contribution in [0.25, 0.3) is 0 Å². The first-order chi connectivity index (χ1) is 6.72. The largest absolute Gasteiger partial charge is 0.303 e. The second-order valence-electron chi connectivity index (χ2n) is 4.36. The Morgan fingerprint density at radius 3 is 2.64 bits per heavy atom. The van der Waals surface area contributed by atoms with E-state index in [1.165, 1.54) is 29.5 Å². The van der Waals surface area contributed by atoms with Crippen LogP contribution in [0.1, 0.15) is 35.4 Å². The molecule has 1 aliphatic rings. The van der Waals surface area contributed by atoms with E-state index in [1.54, 1.807) is 0 Å². The van der Waals surface area contributed by atoms with Crippen molar-refractivity contribution in [3.8, 4) is 0 Å². The average molecular weight is 188 g/mol. The molecule has 0 aliphatic heterocycles. The SMILES string of the molecule is Cc1ccc(C)c(C(C=O)C2CC2)c1. The highest BCUT2D eigenvalue weighted by Gasteiger charge is 2.32. The standard InChI is InChI=1S/C13H16O/c1-9-3-4-10(2)12(7-9)13(8-14)11-5-6-11/h3-4,7-8,11,13H,5-6H2,1-2H3. The third-order valence-corrected chi connectivity index (χ3v) is 3.07. The summed E-state index contributed by atoms with van der Waals surface area (Å²) in [5.74, 6) is 0.767. The summed E-state index contributed by atoms with van der Waals surface area (Å²) in [6.07, 6.45) is 3.56. The van der Waals surface area contributed by atoms with Gasteiger partial charge in [0.1, 0.15) is 6.29 Å². The summed E-state index contributed by atoms with van der Waals surface area (Å²) < 4.78 is 0. The first-order valence-corrected chi connectivity index (χ1v) is 5.25. The van der Waals surface area contributed by atoms with Crippen molar-refractivity contribution in [2.45, 2.75) is 32.6 Å². The summed E-state index contributed by atoms with van der Waals surface area (Å²) in [5.41, 5.74) is 3.74. The Hall–Kier alpha value is -1.11. The molecule has 1 atom stereocenters. The Kier molecular flexibility index (Phi) is 2.40. The summed E-state index contributed by atoms with van der Waals surface area (Å²) in [7, 11) is 0. The van der Waals surface area contributed by atoms with Crippen LogP contribution in [0.4, 0.5) is 0 Å². The molecular weight excluding hydrogens is 172 g/mol. The number of hydrogen-bond donors (Lipinski definition) is 0. The molecule has 0 N–H and O–H groups in total. The minimum Gasteiger partial charge on any atom is -0.303 e. The maximum absolute atomic E-state index is 11.1. The van der Waals surface area contributed by atoms with Gasteiger partial charge in [0.2, 0.25) is 0 Å². The van der Waals surface area contributed by atoms with Crippen molar-refractivity contribution >= 4 is 6.29 Å². The van der Waals surface area contributed by atoms with Crippen LogP contribution in [-0.4, -0.2) is 6.29 Å². The molecule has 14 heavy (non-hydrogen) atoms. The fraction of sp³-hybridized carbons (Fsp3) is 0.462. The highest BCUT2D eigenvalue weighted by molar-refractivity contribution is 5.64. The molecule has 1 nitrogen and oxygen atoms in total. The van der Waals surface area contributed by atoms with Crippen LogP contribution >= 0.6 is 0 Å². The predicted molar refractivity (Wildman–Crippen MR) is 57.4 cm³/mol. The zero-order valence-electron chi connectivity index (χ0n) is 8.79. The van der Waals surface area contributed by atoms with Crippen LogP contribution in [0.5, 0.6) is 0 Å². The van der Waals surface area contributed by atoms with Gasteiger partial charge in [-0.2, -0.15) is 0 Å². The molecule has 0 heterocycles. The molecule has 2 rings (SSSR count). The molecule has 1 saturated carbocycles. The van der Waals surface area contributed by atoms with Crippen LogP contribution in [0.2, 0.25) is 0 Å². The van der Waals surface area contributed by atoms with Gasteiger partial charge < -0.3 is 4.79 Å². The van der Waals surface area contributed by atoms with Crippen molar-refractivity contribution < 1.29 is 4.79 Å². The Morgan fingerprint density at radius 2 is 2.07 bits per heavy atom. The van der Waals surface area contributed by atoms with Gasteiger partial charge in [-0.25, -0.2) is 0 Å². The lowest BCUT2D eigenvalue weighted by Crippen LogP contribution is -2.05. The number of hydrogen-bond acceptors (Lipinski definition) is 1. The van der Waals surface area contributed by atoms with Crippen molar-refractivity contribution in [3.05, 3.63) is 34.9 Å². The van der Waals surface area contributed by atoms with Crippen LogP contribution in [0.15, 0.2) is 18.2 Å². The zero-order chi connectivity index (χ0) is 10.1. The maximum atomic E-state index is 11.1. The lowest BCUT2D eigenvalue weighted by atomic mass is 9.91. The molecule has 74 valence electrons.